The standard InChI is InChI=1S/C27H31N3O5S/c1-20-13-15-23(16-14-20)30(36(33,34)25-11-6-5-7-12-25)19-26(31)29(21(2)27(32)28-3)18-22-9-8-10-24(17-22)35-4/h5-17,21H,18-19H2,1-4H3,(H,28,32)/t21-/m1/s1. The van der Waals surface area contributed by atoms with E-state index in [1.165, 1.54) is 24.1 Å². The molecule has 9 heteroatoms. The lowest BCUT2D eigenvalue weighted by molar-refractivity contribution is -0.139. The number of rotatable bonds is 10. The van der Waals surface area contributed by atoms with Crippen LogP contribution in [0.25, 0.3) is 0 Å². The van der Waals surface area contributed by atoms with E-state index in [9.17, 15) is 18.0 Å². The number of carbonyl (C=O) groups excluding carboxylic acids is 2. The van der Waals surface area contributed by atoms with Crippen molar-refractivity contribution in [2.24, 2.45) is 0 Å². The summed E-state index contributed by atoms with van der Waals surface area (Å²) in [4.78, 5) is 27.7. The predicted octanol–water partition coefficient (Wildman–Crippen LogP) is 3.36. The average molecular weight is 510 g/mol. The highest BCUT2D eigenvalue weighted by molar-refractivity contribution is 7.92. The van der Waals surface area contributed by atoms with Crippen molar-refractivity contribution in [2.45, 2.75) is 31.3 Å². The Hall–Kier alpha value is -3.85. The molecule has 0 saturated heterocycles. The van der Waals surface area contributed by atoms with Crippen molar-refractivity contribution in [3.8, 4) is 5.75 Å². The Balaban J connectivity index is 2.01. The van der Waals surface area contributed by atoms with E-state index >= 15 is 0 Å². The second kappa shape index (κ2) is 11.7. The topological polar surface area (TPSA) is 96.0 Å². The number of methoxy groups -OCH3 is 1. The number of amides is 2. The van der Waals surface area contributed by atoms with Crippen LogP contribution in [0.5, 0.6) is 5.75 Å². The minimum absolute atomic E-state index is 0.0667. The number of likely N-dealkylation sites (N-methyl/N-ethyl adjacent to an activating group) is 1. The molecule has 0 aliphatic carbocycles. The van der Waals surface area contributed by atoms with Crippen LogP contribution in [0, 0.1) is 6.92 Å². The fourth-order valence-electron chi connectivity index (χ4n) is 3.72. The number of hydrogen-bond donors (Lipinski definition) is 1. The number of aryl methyl sites for hydroxylation is 1. The molecule has 36 heavy (non-hydrogen) atoms. The lowest BCUT2D eigenvalue weighted by Crippen LogP contribution is -2.50. The summed E-state index contributed by atoms with van der Waals surface area (Å²) in [7, 11) is -1.03. The molecule has 0 aliphatic heterocycles. The molecule has 0 radical (unpaired) electrons. The fraction of sp³-hybridized carbons (Fsp3) is 0.259. The third kappa shape index (κ3) is 6.23. The van der Waals surface area contributed by atoms with E-state index in [4.69, 9.17) is 4.74 Å². The number of nitrogens with one attached hydrogen (secondary N) is 1. The van der Waals surface area contributed by atoms with Gasteiger partial charge in [0.05, 0.1) is 17.7 Å². The van der Waals surface area contributed by atoms with Gasteiger partial charge in [-0.15, -0.1) is 0 Å². The van der Waals surface area contributed by atoms with Gasteiger partial charge in [-0.1, -0.05) is 48.0 Å². The summed E-state index contributed by atoms with van der Waals surface area (Å²) in [5, 5.41) is 2.57. The van der Waals surface area contributed by atoms with Crippen LogP contribution < -0.4 is 14.4 Å². The van der Waals surface area contributed by atoms with Crippen molar-refractivity contribution in [1.29, 1.82) is 0 Å². The normalized spacial score (nSPS) is 11.9. The molecule has 0 aromatic heterocycles. The summed E-state index contributed by atoms with van der Waals surface area (Å²) in [6.07, 6.45) is 0. The number of benzene rings is 3. The van der Waals surface area contributed by atoms with Gasteiger partial charge in [0.25, 0.3) is 10.0 Å². The summed E-state index contributed by atoms with van der Waals surface area (Å²) in [5.74, 6) is -0.270. The minimum Gasteiger partial charge on any atom is -0.497 e. The SMILES string of the molecule is CNC(=O)[C@@H](C)N(Cc1cccc(OC)c1)C(=O)CN(c1ccc(C)cc1)S(=O)(=O)c1ccccc1. The second-order valence-corrected chi connectivity index (χ2v) is 10.2. The molecule has 3 aromatic rings. The first-order valence-electron chi connectivity index (χ1n) is 11.5. The Morgan fingerprint density at radius 2 is 1.64 bits per heavy atom. The fourth-order valence-corrected chi connectivity index (χ4v) is 5.15. The molecule has 1 atom stereocenters. The molecule has 190 valence electrons. The maximum atomic E-state index is 13.7. The summed E-state index contributed by atoms with van der Waals surface area (Å²) in [5.41, 5.74) is 2.05. The molecular formula is C27H31N3O5S. The first kappa shape index (κ1) is 26.7. The Morgan fingerprint density at radius 1 is 0.972 bits per heavy atom. The highest BCUT2D eigenvalue weighted by atomic mass is 32.2. The summed E-state index contributed by atoms with van der Waals surface area (Å²) in [6, 6.07) is 21.2. The van der Waals surface area contributed by atoms with Crippen molar-refractivity contribution < 1.29 is 22.7 Å². The molecule has 0 aliphatic rings. The van der Waals surface area contributed by atoms with Gasteiger partial charge in [-0.05, 0) is 55.8 Å². The van der Waals surface area contributed by atoms with Gasteiger partial charge >= 0.3 is 0 Å². The molecule has 0 bridgehead atoms. The summed E-state index contributed by atoms with van der Waals surface area (Å²) >= 11 is 0. The zero-order valence-electron chi connectivity index (χ0n) is 20.8. The van der Waals surface area contributed by atoms with Gasteiger partial charge in [-0.3, -0.25) is 13.9 Å². The third-order valence-electron chi connectivity index (χ3n) is 5.83. The van der Waals surface area contributed by atoms with Crippen molar-refractivity contribution in [2.75, 3.05) is 25.0 Å². The van der Waals surface area contributed by atoms with Gasteiger partial charge in [-0.2, -0.15) is 0 Å². The average Bonchev–Trinajstić information content (AvgIpc) is 2.90. The van der Waals surface area contributed by atoms with E-state index in [0.29, 0.717) is 11.4 Å². The number of anilines is 1. The summed E-state index contributed by atoms with van der Waals surface area (Å²) in [6.45, 7) is 3.12. The molecule has 8 nitrogen and oxygen atoms in total. The van der Waals surface area contributed by atoms with Gasteiger partial charge in [-0.25, -0.2) is 8.42 Å². The van der Waals surface area contributed by atoms with E-state index in [1.54, 1.807) is 74.7 Å². The van der Waals surface area contributed by atoms with Crippen molar-refractivity contribution in [1.82, 2.24) is 10.2 Å². The lowest BCUT2D eigenvalue weighted by atomic mass is 10.1. The highest BCUT2D eigenvalue weighted by Gasteiger charge is 2.32. The van der Waals surface area contributed by atoms with Gasteiger partial charge in [0.2, 0.25) is 11.8 Å². The van der Waals surface area contributed by atoms with Crippen molar-refractivity contribution >= 4 is 27.5 Å². The van der Waals surface area contributed by atoms with Crippen LogP contribution in [0.2, 0.25) is 0 Å². The maximum Gasteiger partial charge on any atom is 0.264 e. The van der Waals surface area contributed by atoms with Crippen LogP contribution in [0.1, 0.15) is 18.1 Å². The number of sulfonamides is 1. The van der Waals surface area contributed by atoms with Gasteiger partial charge < -0.3 is 15.0 Å². The van der Waals surface area contributed by atoms with Crippen LogP contribution >= 0.6 is 0 Å². The zero-order chi connectivity index (χ0) is 26.3. The molecule has 3 rings (SSSR count). The Labute approximate surface area is 212 Å². The smallest absolute Gasteiger partial charge is 0.264 e. The van der Waals surface area contributed by atoms with E-state index < -0.39 is 28.5 Å². The van der Waals surface area contributed by atoms with Gasteiger partial charge in [0.15, 0.2) is 0 Å². The highest BCUT2D eigenvalue weighted by Crippen LogP contribution is 2.25. The number of nitrogens with zero attached hydrogens (tertiary/aromatic N) is 2. The number of ether oxygens (including phenoxy) is 1. The molecule has 0 fully saturated rings. The number of hydrogen-bond acceptors (Lipinski definition) is 5. The van der Waals surface area contributed by atoms with Gasteiger partial charge in [0, 0.05) is 13.6 Å². The monoisotopic (exact) mass is 509 g/mol. The largest absolute Gasteiger partial charge is 0.497 e. The Morgan fingerprint density at radius 3 is 2.25 bits per heavy atom. The van der Waals surface area contributed by atoms with Crippen LogP contribution in [0.15, 0.2) is 83.8 Å². The van der Waals surface area contributed by atoms with E-state index in [2.05, 4.69) is 5.32 Å². The lowest BCUT2D eigenvalue weighted by Gasteiger charge is -2.31. The summed E-state index contributed by atoms with van der Waals surface area (Å²) < 4.78 is 33.6. The van der Waals surface area contributed by atoms with E-state index in [1.807, 2.05) is 13.0 Å². The molecule has 0 spiro atoms. The van der Waals surface area contributed by atoms with Gasteiger partial charge in [0.1, 0.15) is 18.3 Å². The van der Waals surface area contributed by atoms with E-state index in [0.717, 1.165) is 15.4 Å². The molecule has 1 N–H and O–H groups in total. The predicted molar refractivity (Wildman–Crippen MR) is 139 cm³/mol. The zero-order valence-corrected chi connectivity index (χ0v) is 21.7. The maximum absolute atomic E-state index is 13.7. The molecular weight excluding hydrogens is 478 g/mol. The molecule has 2 amide bonds. The minimum atomic E-state index is -4.07. The van der Waals surface area contributed by atoms with Crippen LogP contribution in [0.3, 0.4) is 0 Å². The third-order valence-corrected chi connectivity index (χ3v) is 7.62. The van der Waals surface area contributed by atoms with Crippen molar-refractivity contribution in [3.63, 3.8) is 0 Å². The molecule has 0 heterocycles. The first-order chi connectivity index (χ1) is 17.2. The molecule has 3 aromatic carbocycles. The molecule has 0 unspecified atom stereocenters. The van der Waals surface area contributed by atoms with Crippen LogP contribution in [-0.2, 0) is 26.2 Å². The van der Waals surface area contributed by atoms with Crippen LogP contribution in [0.4, 0.5) is 5.69 Å². The van der Waals surface area contributed by atoms with Crippen LogP contribution in [-0.4, -0.2) is 51.9 Å². The second-order valence-electron chi connectivity index (χ2n) is 8.32. The molecule has 0 saturated carbocycles. The first-order valence-corrected chi connectivity index (χ1v) is 12.9. The van der Waals surface area contributed by atoms with Crippen molar-refractivity contribution in [3.05, 3.63) is 90.0 Å². The Kier molecular flexibility index (Phi) is 8.71. The quantitative estimate of drug-likeness (QED) is 0.452. The Bertz CT molecular complexity index is 1290. The number of carbonyl (C=O) groups is 2. The van der Waals surface area contributed by atoms with E-state index in [-0.39, 0.29) is 17.3 Å².